The number of H-pyrrole nitrogens is 1. The van der Waals surface area contributed by atoms with E-state index >= 15 is 0 Å². The third-order valence-corrected chi connectivity index (χ3v) is 3.01. The number of hydrogen-bond acceptors (Lipinski definition) is 3. The molecule has 2 aromatic rings. The Morgan fingerprint density at radius 3 is 2.55 bits per heavy atom. The summed E-state index contributed by atoms with van der Waals surface area (Å²) < 4.78 is 37.5. The van der Waals surface area contributed by atoms with E-state index in [1.54, 1.807) is 0 Å². The van der Waals surface area contributed by atoms with Gasteiger partial charge in [-0.3, -0.25) is 4.79 Å². The Bertz CT molecular complexity index is 700. The van der Waals surface area contributed by atoms with Gasteiger partial charge in [-0.25, -0.2) is 4.98 Å². The van der Waals surface area contributed by atoms with E-state index in [1.165, 1.54) is 0 Å². The topological polar surface area (TPSA) is 57.8 Å². The van der Waals surface area contributed by atoms with Crippen molar-refractivity contribution in [1.82, 2.24) is 9.97 Å². The van der Waals surface area contributed by atoms with E-state index < -0.39 is 17.3 Å². The Labute approximate surface area is 120 Å². The number of halogens is 5. The minimum absolute atomic E-state index is 0.00271. The summed E-state index contributed by atoms with van der Waals surface area (Å²) >= 11 is 11.5. The van der Waals surface area contributed by atoms with Crippen LogP contribution < -0.4 is 10.9 Å². The number of alkyl halides is 3. The summed E-state index contributed by atoms with van der Waals surface area (Å²) in [5.41, 5.74) is -1.30. The number of nitrogens with zero attached hydrogens (tertiary/aromatic N) is 1. The number of aromatic nitrogens is 2. The van der Waals surface area contributed by atoms with Crippen LogP contribution in [-0.4, -0.2) is 9.97 Å². The largest absolute Gasteiger partial charge is 0.416 e. The van der Waals surface area contributed by atoms with Crippen LogP contribution in [0.15, 0.2) is 29.3 Å². The Kier molecular flexibility index (Phi) is 3.92. The zero-order valence-corrected chi connectivity index (χ0v) is 11.1. The van der Waals surface area contributed by atoms with E-state index in [1.807, 2.05) is 0 Å². The van der Waals surface area contributed by atoms with Gasteiger partial charge >= 0.3 is 6.18 Å². The van der Waals surface area contributed by atoms with Gasteiger partial charge in [-0.2, -0.15) is 13.2 Å². The van der Waals surface area contributed by atoms with E-state index in [9.17, 15) is 18.0 Å². The van der Waals surface area contributed by atoms with Crippen molar-refractivity contribution >= 4 is 34.7 Å². The molecule has 1 heterocycles. The van der Waals surface area contributed by atoms with Crippen LogP contribution in [-0.2, 0) is 6.18 Å². The molecule has 0 amide bonds. The predicted octanol–water partition coefficient (Wildman–Crippen LogP) is 3.84. The SMILES string of the molecule is O=c1[nH]cnc(Nc2ccc(C(F)(F)F)cc2Cl)c1Cl. The van der Waals surface area contributed by atoms with Crippen molar-refractivity contribution in [3.63, 3.8) is 0 Å². The smallest absolute Gasteiger partial charge is 0.338 e. The molecule has 0 aliphatic heterocycles. The first-order valence-electron chi connectivity index (χ1n) is 5.16. The third kappa shape index (κ3) is 3.05. The van der Waals surface area contributed by atoms with Crippen LogP contribution in [0, 0.1) is 0 Å². The van der Waals surface area contributed by atoms with Crippen molar-refractivity contribution in [2.24, 2.45) is 0 Å². The molecule has 1 aromatic heterocycles. The van der Waals surface area contributed by atoms with Crippen molar-refractivity contribution in [1.29, 1.82) is 0 Å². The minimum atomic E-state index is -4.48. The maximum atomic E-state index is 12.5. The number of nitrogens with one attached hydrogen (secondary N) is 2. The molecule has 0 atom stereocenters. The highest BCUT2D eigenvalue weighted by Gasteiger charge is 2.30. The Morgan fingerprint density at radius 1 is 1.25 bits per heavy atom. The molecule has 0 spiro atoms. The Balaban J connectivity index is 2.36. The standard InChI is InChI=1S/C11H6Cl2F3N3O/c12-6-3-5(11(14,15)16)1-2-7(6)19-9-8(13)10(20)18-4-17-9/h1-4H,(H2,17,18,19,20). The average molecular weight is 324 g/mol. The highest BCUT2D eigenvalue weighted by molar-refractivity contribution is 6.34. The van der Waals surface area contributed by atoms with Crippen LogP contribution in [0.5, 0.6) is 0 Å². The van der Waals surface area contributed by atoms with Gasteiger partial charge in [0, 0.05) is 0 Å². The fraction of sp³-hybridized carbons (Fsp3) is 0.0909. The highest BCUT2D eigenvalue weighted by Crippen LogP contribution is 2.34. The lowest BCUT2D eigenvalue weighted by Gasteiger charge is -2.11. The van der Waals surface area contributed by atoms with Crippen molar-refractivity contribution in [3.05, 3.63) is 50.5 Å². The average Bonchev–Trinajstić information content (AvgIpc) is 2.36. The number of rotatable bonds is 2. The lowest BCUT2D eigenvalue weighted by Crippen LogP contribution is -2.10. The van der Waals surface area contributed by atoms with Crippen LogP contribution in [0.3, 0.4) is 0 Å². The molecule has 0 saturated carbocycles. The van der Waals surface area contributed by atoms with Gasteiger partial charge in [-0.1, -0.05) is 23.2 Å². The predicted molar refractivity (Wildman–Crippen MR) is 69.6 cm³/mol. The third-order valence-electron chi connectivity index (χ3n) is 2.35. The van der Waals surface area contributed by atoms with Crippen molar-refractivity contribution in [2.45, 2.75) is 6.18 Å². The summed E-state index contributed by atoms with van der Waals surface area (Å²) in [6, 6.07) is 2.75. The summed E-state index contributed by atoms with van der Waals surface area (Å²) in [7, 11) is 0. The molecule has 0 fully saturated rings. The van der Waals surface area contributed by atoms with Gasteiger partial charge in [0.25, 0.3) is 5.56 Å². The number of anilines is 2. The molecule has 1 aromatic carbocycles. The molecule has 4 nitrogen and oxygen atoms in total. The van der Waals surface area contributed by atoms with E-state index in [2.05, 4.69) is 15.3 Å². The number of benzene rings is 1. The van der Waals surface area contributed by atoms with Gasteiger partial charge in [0.1, 0.15) is 5.02 Å². The van der Waals surface area contributed by atoms with Crippen LogP contribution in [0.2, 0.25) is 10.0 Å². The van der Waals surface area contributed by atoms with Crippen molar-refractivity contribution < 1.29 is 13.2 Å². The molecule has 2 N–H and O–H groups in total. The van der Waals surface area contributed by atoms with E-state index in [0.29, 0.717) is 0 Å². The van der Waals surface area contributed by atoms with Crippen LogP contribution in [0.4, 0.5) is 24.7 Å². The molecule has 0 unspecified atom stereocenters. The molecule has 2 rings (SSSR count). The molecule has 106 valence electrons. The highest BCUT2D eigenvalue weighted by atomic mass is 35.5. The molecular formula is C11H6Cl2F3N3O. The van der Waals surface area contributed by atoms with Gasteiger partial charge in [0.15, 0.2) is 5.82 Å². The zero-order chi connectivity index (χ0) is 14.9. The molecule has 0 bridgehead atoms. The summed E-state index contributed by atoms with van der Waals surface area (Å²) in [5, 5.41) is 2.21. The lowest BCUT2D eigenvalue weighted by atomic mass is 10.2. The summed E-state index contributed by atoms with van der Waals surface area (Å²) in [6.07, 6.45) is -3.38. The minimum Gasteiger partial charge on any atom is -0.338 e. The Morgan fingerprint density at radius 2 is 1.95 bits per heavy atom. The summed E-state index contributed by atoms with van der Waals surface area (Å²) in [4.78, 5) is 17.3. The quantitative estimate of drug-likeness (QED) is 0.882. The summed E-state index contributed by atoms with van der Waals surface area (Å²) in [5.74, 6) is -0.00271. The molecule has 9 heteroatoms. The first-order chi connectivity index (χ1) is 9.29. The second-order valence-electron chi connectivity index (χ2n) is 3.71. The Hall–Kier alpha value is -1.73. The van der Waals surface area contributed by atoms with Crippen LogP contribution >= 0.6 is 23.2 Å². The van der Waals surface area contributed by atoms with Crippen molar-refractivity contribution in [2.75, 3.05) is 5.32 Å². The number of aromatic amines is 1. The fourth-order valence-electron chi connectivity index (χ4n) is 1.39. The normalized spacial score (nSPS) is 11.4. The first-order valence-corrected chi connectivity index (χ1v) is 5.91. The molecule has 20 heavy (non-hydrogen) atoms. The lowest BCUT2D eigenvalue weighted by molar-refractivity contribution is -0.137. The molecule has 0 saturated heterocycles. The van der Waals surface area contributed by atoms with Gasteiger partial charge in [-0.15, -0.1) is 0 Å². The van der Waals surface area contributed by atoms with E-state index in [-0.39, 0.29) is 21.6 Å². The second kappa shape index (κ2) is 5.34. The first kappa shape index (κ1) is 14.7. The van der Waals surface area contributed by atoms with Crippen LogP contribution in [0.1, 0.15) is 5.56 Å². The second-order valence-corrected chi connectivity index (χ2v) is 4.50. The molecule has 0 aliphatic rings. The number of hydrogen-bond donors (Lipinski definition) is 2. The van der Waals surface area contributed by atoms with Crippen molar-refractivity contribution in [3.8, 4) is 0 Å². The maximum Gasteiger partial charge on any atom is 0.416 e. The monoisotopic (exact) mass is 323 g/mol. The fourth-order valence-corrected chi connectivity index (χ4v) is 1.77. The van der Waals surface area contributed by atoms with Gasteiger partial charge in [0.2, 0.25) is 0 Å². The zero-order valence-electron chi connectivity index (χ0n) is 9.55. The van der Waals surface area contributed by atoms with E-state index in [4.69, 9.17) is 23.2 Å². The molecule has 0 aliphatic carbocycles. The van der Waals surface area contributed by atoms with E-state index in [0.717, 1.165) is 24.5 Å². The van der Waals surface area contributed by atoms with Gasteiger partial charge in [-0.05, 0) is 18.2 Å². The van der Waals surface area contributed by atoms with Crippen LogP contribution in [0.25, 0.3) is 0 Å². The van der Waals surface area contributed by atoms with Gasteiger partial charge < -0.3 is 10.3 Å². The summed E-state index contributed by atoms with van der Waals surface area (Å²) in [6.45, 7) is 0. The maximum absolute atomic E-state index is 12.5. The molecular weight excluding hydrogens is 318 g/mol. The van der Waals surface area contributed by atoms with Gasteiger partial charge in [0.05, 0.1) is 22.6 Å². The molecule has 0 radical (unpaired) electrons.